The van der Waals surface area contributed by atoms with Crippen molar-refractivity contribution in [1.82, 2.24) is 15.3 Å². The lowest BCUT2D eigenvalue weighted by molar-refractivity contribution is 0.380. The summed E-state index contributed by atoms with van der Waals surface area (Å²) in [5.41, 5.74) is 0. The number of halogens is 1. The lowest BCUT2D eigenvalue weighted by atomic mass is 9.99. The van der Waals surface area contributed by atoms with Gasteiger partial charge in [0.1, 0.15) is 5.82 Å². The van der Waals surface area contributed by atoms with Crippen molar-refractivity contribution in [2.75, 3.05) is 31.6 Å². The van der Waals surface area contributed by atoms with Gasteiger partial charge in [-0.1, -0.05) is 0 Å². The third kappa shape index (κ3) is 3.06. The van der Waals surface area contributed by atoms with Crippen molar-refractivity contribution >= 4 is 17.4 Å². The van der Waals surface area contributed by atoms with Gasteiger partial charge in [0.25, 0.3) is 0 Å². The fourth-order valence-corrected chi connectivity index (χ4v) is 2.24. The highest BCUT2D eigenvalue weighted by Gasteiger charge is 2.15. The van der Waals surface area contributed by atoms with Crippen LogP contribution in [0, 0.1) is 5.92 Å². The fourth-order valence-electron chi connectivity index (χ4n) is 2.10. The Hall–Kier alpha value is -0.870. The highest BCUT2D eigenvalue weighted by molar-refractivity contribution is 6.28. The molecule has 0 unspecified atom stereocenters. The largest absolute Gasteiger partial charge is 0.359 e. The quantitative estimate of drug-likeness (QED) is 0.815. The molecule has 1 aromatic rings. The van der Waals surface area contributed by atoms with Crippen LogP contribution in [0.1, 0.15) is 12.8 Å². The van der Waals surface area contributed by atoms with Crippen molar-refractivity contribution in [2.45, 2.75) is 12.8 Å². The van der Waals surface area contributed by atoms with Gasteiger partial charge in [-0.25, -0.2) is 9.97 Å². The molecule has 88 valence electrons. The first-order valence-corrected chi connectivity index (χ1v) is 6.04. The molecule has 0 spiro atoms. The summed E-state index contributed by atoms with van der Waals surface area (Å²) in [6.45, 7) is 3.27. The van der Waals surface area contributed by atoms with Gasteiger partial charge in [0, 0.05) is 19.8 Å². The molecule has 0 aromatic carbocycles. The molecule has 5 heteroatoms. The number of rotatable bonds is 3. The Kier molecular flexibility index (Phi) is 3.96. The maximum Gasteiger partial charge on any atom is 0.224 e. The van der Waals surface area contributed by atoms with Gasteiger partial charge in [-0.15, -0.1) is 0 Å². The van der Waals surface area contributed by atoms with E-state index in [1.807, 2.05) is 13.1 Å². The maximum absolute atomic E-state index is 5.77. The smallest absolute Gasteiger partial charge is 0.224 e. The van der Waals surface area contributed by atoms with E-state index in [-0.39, 0.29) is 0 Å². The van der Waals surface area contributed by atoms with Crippen molar-refractivity contribution < 1.29 is 0 Å². The Bertz CT molecular complexity index is 339. The number of hydrogen-bond acceptors (Lipinski definition) is 4. The second-order valence-corrected chi connectivity index (χ2v) is 4.61. The molecule has 1 aliphatic heterocycles. The van der Waals surface area contributed by atoms with E-state index < -0.39 is 0 Å². The summed E-state index contributed by atoms with van der Waals surface area (Å²) < 4.78 is 0. The molecule has 1 aromatic heterocycles. The van der Waals surface area contributed by atoms with Crippen molar-refractivity contribution in [3.8, 4) is 0 Å². The monoisotopic (exact) mass is 240 g/mol. The van der Waals surface area contributed by atoms with Crippen LogP contribution in [0.25, 0.3) is 0 Å². The molecule has 1 fully saturated rings. The molecule has 0 bridgehead atoms. The van der Waals surface area contributed by atoms with Gasteiger partial charge in [0.2, 0.25) is 5.28 Å². The van der Waals surface area contributed by atoms with Crippen LogP contribution in [0.2, 0.25) is 5.28 Å². The van der Waals surface area contributed by atoms with E-state index in [0.717, 1.165) is 25.5 Å². The minimum absolute atomic E-state index is 0.311. The van der Waals surface area contributed by atoms with Crippen molar-refractivity contribution in [3.05, 3.63) is 17.5 Å². The Morgan fingerprint density at radius 1 is 1.62 bits per heavy atom. The zero-order valence-corrected chi connectivity index (χ0v) is 10.2. The summed E-state index contributed by atoms with van der Waals surface area (Å²) in [4.78, 5) is 10.2. The molecule has 0 saturated carbocycles. The SMILES string of the molecule is CN(C[C@@H]1CCCNC1)c1ccnc(Cl)n1. The number of hydrogen-bond donors (Lipinski definition) is 1. The van der Waals surface area contributed by atoms with Crippen molar-refractivity contribution in [2.24, 2.45) is 5.92 Å². The summed E-state index contributed by atoms with van der Waals surface area (Å²) >= 11 is 5.77. The van der Waals surface area contributed by atoms with Crippen LogP contribution in [-0.4, -0.2) is 36.6 Å². The van der Waals surface area contributed by atoms with Crippen LogP contribution < -0.4 is 10.2 Å². The molecule has 4 nitrogen and oxygen atoms in total. The van der Waals surface area contributed by atoms with Crippen LogP contribution in [-0.2, 0) is 0 Å². The topological polar surface area (TPSA) is 41.0 Å². The summed E-state index contributed by atoms with van der Waals surface area (Å²) in [5, 5.41) is 3.73. The van der Waals surface area contributed by atoms with Gasteiger partial charge in [0.15, 0.2) is 0 Å². The van der Waals surface area contributed by atoms with E-state index in [1.54, 1.807) is 6.20 Å². The zero-order chi connectivity index (χ0) is 11.4. The Labute approximate surface area is 101 Å². The summed E-state index contributed by atoms with van der Waals surface area (Å²) in [6, 6.07) is 1.89. The van der Waals surface area contributed by atoms with Crippen molar-refractivity contribution in [3.63, 3.8) is 0 Å². The van der Waals surface area contributed by atoms with E-state index in [1.165, 1.54) is 12.8 Å². The molecule has 16 heavy (non-hydrogen) atoms. The molecular weight excluding hydrogens is 224 g/mol. The molecule has 1 N–H and O–H groups in total. The molecule has 1 aliphatic rings. The molecule has 2 heterocycles. The second kappa shape index (κ2) is 5.46. The van der Waals surface area contributed by atoms with Gasteiger partial charge in [-0.3, -0.25) is 0 Å². The third-order valence-electron chi connectivity index (χ3n) is 2.93. The molecule has 0 aliphatic carbocycles. The zero-order valence-electron chi connectivity index (χ0n) is 9.49. The normalized spacial score (nSPS) is 20.8. The summed E-state index contributed by atoms with van der Waals surface area (Å²) in [7, 11) is 2.05. The van der Waals surface area contributed by atoms with E-state index >= 15 is 0 Å². The highest BCUT2D eigenvalue weighted by atomic mass is 35.5. The highest BCUT2D eigenvalue weighted by Crippen LogP contribution is 2.16. The number of nitrogens with zero attached hydrogens (tertiary/aromatic N) is 3. The number of anilines is 1. The average Bonchev–Trinajstić information content (AvgIpc) is 2.30. The molecule has 0 amide bonds. The van der Waals surface area contributed by atoms with Gasteiger partial charge in [0.05, 0.1) is 0 Å². The fraction of sp³-hybridized carbons (Fsp3) is 0.636. The van der Waals surface area contributed by atoms with Crippen LogP contribution >= 0.6 is 11.6 Å². The van der Waals surface area contributed by atoms with E-state index in [0.29, 0.717) is 11.2 Å². The number of aromatic nitrogens is 2. The molecular formula is C11H17ClN4. The van der Waals surface area contributed by atoms with E-state index in [2.05, 4.69) is 20.2 Å². The first kappa shape index (κ1) is 11.6. The summed E-state index contributed by atoms with van der Waals surface area (Å²) in [5.74, 6) is 1.60. The van der Waals surface area contributed by atoms with Gasteiger partial charge in [-0.2, -0.15) is 0 Å². The lowest BCUT2D eigenvalue weighted by Gasteiger charge is -2.28. The maximum atomic E-state index is 5.77. The van der Waals surface area contributed by atoms with Crippen LogP contribution in [0.5, 0.6) is 0 Å². The van der Waals surface area contributed by atoms with Crippen molar-refractivity contribution in [1.29, 1.82) is 0 Å². The molecule has 2 rings (SSSR count). The Morgan fingerprint density at radius 3 is 3.19 bits per heavy atom. The first-order valence-electron chi connectivity index (χ1n) is 5.66. The third-order valence-corrected chi connectivity index (χ3v) is 3.12. The Morgan fingerprint density at radius 2 is 2.50 bits per heavy atom. The van der Waals surface area contributed by atoms with E-state index in [9.17, 15) is 0 Å². The van der Waals surface area contributed by atoms with Gasteiger partial charge < -0.3 is 10.2 Å². The van der Waals surface area contributed by atoms with E-state index in [4.69, 9.17) is 11.6 Å². The molecule has 1 atom stereocenters. The van der Waals surface area contributed by atoms with Gasteiger partial charge >= 0.3 is 0 Å². The average molecular weight is 241 g/mol. The lowest BCUT2D eigenvalue weighted by Crippen LogP contribution is -2.37. The van der Waals surface area contributed by atoms with Crippen LogP contribution in [0.15, 0.2) is 12.3 Å². The molecule has 1 saturated heterocycles. The number of piperidine rings is 1. The predicted molar refractivity (Wildman–Crippen MR) is 65.9 cm³/mol. The van der Waals surface area contributed by atoms with Gasteiger partial charge in [-0.05, 0) is 49.5 Å². The van der Waals surface area contributed by atoms with Crippen LogP contribution in [0.4, 0.5) is 5.82 Å². The minimum atomic E-state index is 0.311. The summed E-state index contributed by atoms with van der Waals surface area (Å²) in [6.07, 6.45) is 4.25. The first-order chi connectivity index (χ1) is 7.75. The predicted octanol–water partition coefficient (Wildman–Crippen LogP) is 1.57. The standard InChI is InChI=1S/C11H17ClN4/c1-16(8-9-3-2-5-13-7-9)10-4-6-14-11(12)15-10/h4,6,9,13H,2-3,5,7-8H2,1H3/t9-/m1/s1. The minimum Gasteiger partial charge on any atom is -0.359 e. The second-order valence-electron chi connectivity index (χ2n) is 4.28. The number of nitrogens with one attached hydrogen (secondary N) is 1. The van der Waals surface area contributed by atoms with Crippen LogP contribution in [0.3, 0.4) is 0 Å². The molecule has 0 radical (unpaired) electrons. The Balaban J connectivity index is 1.94.